The SMILES string of the molecule is Cc1cccc(-c2ccccc2C(=O)Nc2ccc(C(=O)N3CCC(F)(F)C(=CC(=O)Cc4ccccn4)c4ccccc43)cc2)c1.Cl. The number of amides is 2. The minimum absolute atomic E-state index is 0. The molecule has 0 saturated heterocycles. The maximum atomic E-state index is 15.6. The van der Waals surface area contributed by atoms with E-state index in [0.29, 0.717) is 16.9 Å². The summed E-state index contributed by atoms with van der Waals surface area (Å²) in [5.74, 6) is -4.64. The Hall–Kier alpha value is -5.47. The average molecular weight is 664 g/mol. The highest BCUT2D eigenvalue weighted by Gasteiger charge is 2.41. The summed E-state index contributed by atoms with van der Waals surface area (Å²) in [6.45, 7) is 1.73. The monoisotopic (exact) mass is 663 g/mol. The third-order valence-electron chi connectivity index (χ3n) is 8.05. The van der Waals surface area contributed by atoms with Gasteiger partial charge in [-0.05, 0) is 72.7 Å². The summed E-state index contributed by atoms with van der Waals surface area (Å²) >= 11 is 0. The maximum absolute atomic E-state index is 15.6. The summed E-state index contributed by atoms with van der Waals surface area (Å²) in [4.78, 5) is 45.4. The van der Waals surface area contributed by atoms with Crippen molar-refractivity contribution in [3.05, 3.63) is 155 Å². The Morgan fingerprint density at radius 2 is 1.56 bits per heavy atom. The van der Waals surface area contributed by atoms with E-state index >= 15 is 8.78 Å². The normalized spacial score (nSPS) is 14.3. The van der Waals surface area contributed by atoms with Crippen molar-refractivity contribution in [2.45, 2.75) is 25.7 Å². The highest BCUT2D eigenvalue weighted by atomic mass is 35.5. The van der Waals surface area contributed by atoms with Crippen molar-refractivity contribution in [2.75, 3.05) is 16.8 Å². The number of anilines is 2. The summed E-state index contributed by atoms with van der Waals surface area (Å²) < 4.78 is 31.2. The molecule has 2 heterocycles. The Labute approximate surface area is 283 Å². The van der Waals surface area contributed by atoms with E-state index < -0.39 is 29.6 Å². The van der Waals surface area contributed by atoms with E-state index in [1.165, 1.54) is 11.0 Å². The molecule has 1 aliphatic heterocycles. The molecule has 1 aliphatic rings. The number of aromatic nitrogens is 1. The van der Waals surface area contributed by atoms with Crippen molar-refractivity contribution >= 4 is 47.0 Å². The van der Waals surface area contributed by atoms with Crippen LogP contribution in [-0.2, 0) is 11.2 Å². The molecule has 0 spiro atoms. The number of alkyl halides is 2. The summed E-state index contributed by atoms with van der Waals surface area (Å²) in [6.07, 6.45) is 1.74. The fraction of sp³-hybridized carbons (Fsp3) is 0.128. The Bertz CT molecular complexity index is 2000. The molecule has 0 bridgehead atoms. The van der Waals surface area contributed by atoms with Crippen molar-refractivity contribution in [3.63, 3.8) is 0 Å². The lowest BCUT2D eigenvalue weighted by molar-refractivity contribution is -0.114. The van der Waals surface area contributed by atoms with Crippen LogP contribution in [0.3, 0.4) is 0 Å². The Morgan fingerprint density at radius 1 is 0.854 bits per heavy atom. The van der Waals surface area contributed by atoms with Gasteiger partial charge >= 0.3 is 0 Å². The quantitative estimate of drug-likeness (QED) is 0.177. The topological polar surface area (TPSA) is 79.4 Å². The first kappa shape index (κ1) is 33.9. The summed E-state index contributed by atoms with van der Waals surface area (Å²) in [6, 6.07) is 33.1. The van der Waals surface area contributed by atoms with Gasteiger partial charge < -0.3 is 10.2 Å². The number of ketones is 1. The lowest BCUT2D eigenvalue weighted by Crippen LogP contribution is -2.33. The lowest BCUT2D eigenvalue weighted by atomic mass is 9.95. The fourth-order valence-electron chi connectivity index (χ4n) is 5.72. The van der Waals surface area contributed by atoms with Gasteiger partial charge in [-0.1, -0.05) is 72.3 Å². The molecule has 4 aromatic carbocycles. The van der Waals surface area contributed by atoms with Gasteiger partial charge in [-0.25, -0.2) is 8.78 Å². The molecule has 2 amide bonds. The Morgan fingerprint density at radius 3 is 2.29 bits per heavy atom. The van der Waals surface area contributed by atoms with Crippen molar-refractivity contribution in [3.8, 4) is 11.1 Å². The van der Waals surface area contributed by atoms with Crippen molar-refractivity contribution in [2.24, 2.45) is 0 Å². The van der Waals surface area contributed by atoms with E-state index in [9.17, 15) is 14.4 Å². The zero-order valence-electron chi connectivity index (χ0n) is 26.0. The molecule has 0 fully saturated rings. The van der Waals surface area contributed by atoms with Crippen LogP contribution in [0.1, 0.15) is 44.0 Å². The van der Waals surface area contributed by atoms with Crippen LogP contribution in [0.2, 0.25) is 0 Å². The number of benzene rings is 4. The van der Waals surface area contributed by atoms with Gasteiger partial charge in [-0.2, -0.15) is 0 Å². The van der Waals surface area contributed by atoms with Gasteiger partial charge in [0.25, 0.3) is 17.7 Å². The van der Waals surface area contributed by atoms with E-state index in [2.05, 4.69) is 10.3 Å². The molecule has 6 nitrogen and oxygen atoms in total. The fourth-order valence-corrected chi connectivity index (χ4v) is 5.72. The standard InChI is InChI=1S/C39H31F2N3O3.ClH/c1-26-9-8-10-28(23-26)32-12-2-3-13-33(32)37(46)43-29-18-16-27(17-19-29)38(47)44-22-20-39(40,41)35(34-14-4-5-15-36(34)44)25-31(45)24-30-11-6-7-21-42-30;/h2-19,21,23,25H,20,22,24H2,1H3,(H,43,46);1H. The molecule has 0 aliphatic carbocycles. The molecule has 5 aromatic rings. The molecule has 1 N–H and O–H groups in total. The van der Waals surface area contributed by atoms with Crippen molar-refractivity contribution in [1.82, 2.24) is 4.98 Å². The highest BCUT2D eigenvalue weighted by molar-refractivity contribution is 6.11. The first-order valence-corrected chi connectivity index (χ1v) is 15.2. The first-order chi connectivity index (χ1) is 22.7. The van der Waals surface area contributed by atoms with Crippen LogP contribution in [0.4, 0.5) is 20.2 Å². The van der Waals surface area contributed by atoms with Crippen LogP contribution >= 0.6 is 12.4 Å². The van der Waals surface area contributed by atoms with E-state index in [1.807, 2.05) is 43.3 Å². The summed E-state index contributed by atoms with van der Waals surface area (Å²) in [5, 5.41) is 2.90. The molecule has 0 saturated carbocycles. The molecule has 0 unspecified atom stereocenters. The van der Waals surface area contributed by atoms with Gasteiger partial charge in [0.15, 0.2) is 5.78 Å². The third-order valence-corrected chi connectivity index (χ3v) is 8.05. The van der Waals surface area contributed by atoms with Crippen LogP contribution in [0.15, 0.2) is 128 Å². The number of carbonyl (C=O) groups excluding carboxylic acids is 3. The zero-order valence-corrected chi connectivity index (χ0v) is 26.8. The maximum Gasteiger partial charge on any atom is 0.275 e. The van der Waals surface area contributed by atoms with Gasteiger partial charge in [0.2, 0.25) is 0 Å². The van der Waals surface area contributed by atoms with Crippen LogP contribution in [-0.4, -0.2) is 35.0 Å². The second-order valence-electron chi connectivity index (χ2n) is 11.4. The number of pyridine rings is 1. The van der Waals surface area contributed by atoms with E-state index in [4.69, 9.17) is 0 Å². The molecule has 6 rings (SSSR count). The number of allylic oxidation sites excluding steroid dienone is 2. The van der Waals surface area contributed by atoms with E-state index in [0.717, 1.165) is 22.8 Å². The van der Waals surface area contributed by atoms with Crippen molar-refractivity contribution < 1.29 is 23.2 Å². The van der Waals surface area contributed by atoms with Gasteiger partial charge in [-0.15, -0.1) is 12.4 Å². The number of para-hydroxylation sites is 1. The minimum Gasteiger partial charge on any atom is -0.322 e. The van der Waals surface area contributed by atoms with Crippen LogP contribution in [0.25, 0.3) is 16.7 Å². The second-order valence-corrected chi connectivity index (χ2v) is 11.4. The highest BCUT2D eigenvalue weighted by Crippen LogP contribution is 2.43. The number of halogens is 3. The minimum atomic E-state index is -3.35. The zero-order chi connectivity index (χ0) is 33.0. The first-order valence-electron chi connectivity index (χ1n) is 15.2. The number of carbonyl (C=O) groups is 3. The molecule has 48 heavy (non-hydrogen) atoms. The molecule has 0 radical (unpaired) electrons. The summed E-state index contributed by atoms with van der Waals surface area (Å²) in [7, 11) is 0. The molecule has 1 aromatic heterocycles. The number of nitrogens with zero attached hydrogens (tertiary/aromatic N) is 2. The number of rotatable bonds is 7. The molecular weight excluding hydrogens is 632 g/mol. The van der Waals surface area contributed by atoms with Crippen LogP contribution < -0.4 is 10.2 Å². The number of hydrogen-bond donors (Lipinski definition) is 1. The molecular formula is C39H32ClF2N3O3. The van der Waals surface area contributed by atoms with Crippen LogP contribution in [0.5, 0.6) is 0 Å². The number of fused-ring (bicyclic) bond motifs is 1. The van der Waals surface area contributed by atoms with Gasteiger partial charge in [0.05, 0.1) is 12.1 Å². The Balaban J connectivity index is 0.00000451. The van der Waals surface area contributed by atoms with Crippen LogP contribution in [0, 0.1) is 6.92 Å². The van der Waals surface area contributed by atoms with Crippen molar-refractivity contribution in [1.29, 1.82) is 0 Å². The van der Waals surface area contributed by atoms with E-state index in [-0.39, 0.29) is 48.1 Å². The Kier molecular flexibility index (Phi) is 10.3. The molecule has 242 valence electrons. The van der Waals surface area contributed by atoms with Gasteiger partial charge in [-0.3, -0.25) is 19.4 Å². The van der Waals surface area contributed by atoms with E-state index in [1.54, 1.807) is 79.0 Å². The summed E-state index contributed by atoms with van der Waals surface area (Å²) in [5.41, 5.74) is 4.51. The second kappa shape index (κ2) is 14.5. The predicted octanol–water partition coefficient (Wildman–Crippen LogP) is 8.61. The molecule has 9 heteroatoms. The third kappa shape index (κ3) is 7.40. The smallest absolute Gasteiger partial charge is 0.275 e. The lowest BCUT2D eigenvalue weighted by Gasteiger charge is -2.23. The number of hydrogen-bond acceptors (Lipinski definition) is 4. The average Bonchev–Trinajstić information content (AvgIpc) is 3.18. The largest absolute Gasteiger partial charge is 0.322 e. The number of nitrogens with one attached hydrogen (secondary N) is 1. The predicted molar refractivity (Wildman–Crippen MR) is 187 cm³/mol. The van der Waals surface area contributed by atoms with Gasteiger partial charge in [0, 0.05) is 52.8 Å². The molecule has 0 atom stereocenters. The number of aryl methyl sites for hydroxylation is 1. The van der Waals surface area contributed by atoms with Gasteiger partial charge in [0.1, 0.15) is 0 Å².